The van der Waals surface area contributed by atoms with E-state index in [2.05, 4.69) is 20.4 Å². The number of carbonyl (C=O) groups excluding carboxylic acids is 1. The van der Waals surface area contributed by atoms with Crippen molar-refractivity contribution in [2.24, 2.45) is 0 Å². The number of nitrogens with zero attached hydrogens (tertiary/aromatic N) is 2. The van der Waals surface area contributed by atoms with E-state index in [1.807, 2.05) is 67.6 Å². The van der Waals surface area contributed by atoms with Crippen LogP contribution in [-0.2, 0) is 0 Å². The van der Waals surface area contributed by atoms with E-state index < -0.39 is 0 Å². The lowest BCUT2D eigenvalue weighted by Gasteiger charge is -2.13. The fourth-order valence-corrected chi connectivity index (χ4v) is 3.00. The predicted molar refractivity (Wildman–Crippen MR) is 106 cm³/mol. The molecule has 1 atom stereocenters. The summed E-state index contributed by atoms with van der Waals surface area (Å²) in [6, 6.07) is 20.9. The smallest absolute Gasteiger partial charge is 0.290 e. The molecule has 1 amide bonds. The lowest BCUT2D eigenvalue weighted by molar-refractivity contribution is 0.0896. The Kier molecular flexibility index (Phi) is 5.01. The van der Waals surface area contributed by atoms with Crippen LogP contribution in [0.25, 0.3) is 22.5 Å². The van der Waals surface area contributed by atoms with E-state index in [1.54, 1.807) is 12.3 Å². The molecule has 28 heavy (non-hydrogen) atoms. The Labute approximate surface area is 162 Å². The summed E-state index contributed by atoms with van der Waals surface area (Å²) in [5, 5.41) is 6.96. The van der Waals surface area contributed by atoms with Gasteiger partial charge in [0.2, 0.25) is 5.76 Å². The molecule has 2 N–H and O–H groups in total. The zero-order chi connectivity index (χ0) is 19.3. The Morgan fingerprint density at radius 3 is 2.43 bits per heavy atom. The lowest BCUT2D eigenvalue weighted by atomic mass is 10.1. The summed E-state index contributed by atoms with van der Waals surface area (Å²) in [5.41, 5.74) is 3.48. The van der Waals surface area contributed by atoms with Crippen molar-refractivity contribution in [3.8, 4) is 22.5 Å². The molecule has 0 saturated heterocycles. The van der Waals surface area contributed by atoms with E-state index >= 15 is 0 Å². The van der Waals surface area contributed by atoms with Gasteiger partial charge in [0.05, 0.1) is 17.9 Å². The van der Waals surface area contributed by atoms with Gasteiger partial charge in [-0.25, -0.2) is 4.98 Å². The van der Waals surface area contributed by atoms with E-state index in [0.29, 0.717) is 17.9 Å². The zero-order valence-corrected chi connectivity index (χ0v) is 15.4. The summed E-state index contributed by atoms with van der Waals surface area (Å²) in [5.74, 6) is 0.559. The van der Waals surface area contributed by atoms with Gasteiger partial charge in [-0.15, -0.1) is 0 Å². The fourth-order valence-electron chi connectivity index (χ4n) is 3.00. The number of imidazole rings is 1. The molecule has 6 nitrogen and oxygen atoms in total. The monoisotopic (exact) mass is 372 g/mol. The standard InChI is InChI=1S/C22H20N4O2/c1-2-17(21-23-14-19(24-21)16-11-7-4-8-12-16)25-22(27)20-13-18(26-28-20)15-9-5-3-6-10-15/h3-14,17H,2H2,1H3,(H,23,24)(H,25,27). The summed E-state index contributed by atoms with van der Waals surface area (Å²) in [6.07, 6.45) is 2.47. The minimum absolute atomic E-state index is 0.173. The van der Waals surface area contributed by atoms with Crippen LogP contribution >= 0.6 is 0 Å². The summed E-state index contributed by atoms with van der Waals surface area (Å²) < 4.78 is 5.24. The van der Waals surface area contributed by atoms with E-state index in [1.165, 1.54) is 0 Å². The van der Waals surface area contributed by atoms with Crippen molar-refractivity contribution in [3.05, 3.63) is 84.5 Å². The van der Waals surface area contributed by atoms with Crippen molar-refractivity contribution >= 4 is 5.91 Å². The van der Waals surface area contributed by atoms with Gasteiger partial charge in [0.1, 0.15) is 11.5 Å². The van der Waals surface area contributed by atoms with Crippen LogP contribution < -0.4 is 5.32 Å². The van der Waals surface area contributed by atoms with Gasteiger partial charge in [-0.2, -0.15) is 0 Å². The van der Waals surface area contributed by atoms with Crippen LogP contribution in [0.15, 0.2) is 77.4 Å². The Bertz CT molecular complexity index is 1050. The summed E-state index contributed by atoms with van der Waals surface area (Å²) in [4.78, 5) is 20.4. The van der Waals surface area contributed by atoms with Gasteiger partial charge in [0.15, 0.2) is 0 Å². The molecule has 4 aromatic rings. The highest BCUT2D eigenvalue weighted by Gasteiger charge is 2.20. The molecule has 6 heteroatoms. The number of aromatic nitrogens is 3. The number of benzene rings is 2. The second-order valence-electron chi connectivity index (χ2n) is 6.42. The van der Waals surface area contributed by atoms with Crippen LogP contribution in [0.5, 0.6) is 0 Å². The highest BCUT2D eigenvalue weighted by Crippen LogP contribution is 2.22. The molecule has 0 aliphatic heterocycles. The first-order valence-electron chi connectivity index (χ1n) is 9.18. The topological polar surface area (TPSA) is 83.8 Å². The van der Waals surface area contributed by atoms with Crippen molar-refractivity contribution in [1.82, 2.24) is 20.4 Å². The normalized spacial score (nSPS) is 11.9. The van der Waals surface area contributed by atoms with Gasteiger partial charge >= 0.3 is 0 Å². The molecule has 0 aliphatic carbocycles. The van der Waals surface area contributed by atoms with Crippen molar-refractivity contribution in [3.63, 3.8) is 0 Å². The van der Waals surface area contributed by atoms with E-state index in [-0.39, 0.29) is 17.7 Å². The average Bonchev–Trinajstić information content (AvgIpc) is 3.43. The van der Waals surface area contributed by atoms with Gasteiger partial charge in [-0.05, 0) is 12.0 Å². The molecule has 1 unspecified atom stereocenters. The van der Waals surface area contributed by atoms with E-state index in [4.69, 9.17) is 4.52 Å². The molecule has 0 saturated carbocycles. The third-order valence-electron chi connectivity index (χ3n) is 4.53. The Balaban J connectivity index is 1.49. The number of aromatic amines is 1. The zero-order valence-electron chi connectivity index (χ0n) is 15.4. The minimum atomic E-state index is -0.320. The molecule has 2 aromatic heterocycles. The molecule has 2 aromatic carbocycles. The Morgan fingerprint density at radius 2 is 1.75 bits per heavy atom. The Hall–Kier alpha value is -3.67. The number of nitrogens with one attached hydrogen (secondary N) is 2. The lowest BCUT2D eigenvalue weighted by Crippen LogP contribution is -2.28. The molecule has 0 fully saturated rings. The summed E-state index contributed by atoms with van der Waals surface area (Å²) in [7, 11) is 0. The van der Waals surface area contributed by atoms with Crippen LogP contribution in [0.1, 0.15) is 35.8 Å². The molecule has 0 spiro atoms. The van der Waals surface area contributed by atoms with Crippen LogP contribution in [-0.4, -0.2) is 21.0 Å². The molecule has 140 valence electrons. The van der Waals surface area contributed by atoms with Crippen molar-refractivity contribution in [2.45, 2.75) is 19.4 Å². The van der Waals surface area contributed by atoms with Gasteiger partial charge in [0, 0.05) is 11.6 Å². The largest absolute Gasteiger partial charge is 0.350 e. The molecule has 2 heterocycles. The molecule has 0 radical (unpaired) electrons. The number of H-pyrrole nitrogens is 1. The minimum Gasteiger partial charge on any atom is -0.350 e. The highest BCUT2D eigenvalue weighted by molar-refractivity contribution is 5.92. The first kappa shape index (κ1) is 17.7. The van der Waals surface area contributed by atoms with E-state index in [9.17, 15) is 4.79 Å². The van der Waals surface area contributed by atoms with Gasteiger partial charge in [-0.3, -0.25) is 4.79 Å². The first-order chi connectivity index (χ1) is 13.7. The molecular formula is C22H20N4O2. The Morgan fingerprint density at radius 1 is 1.07 bits per heavy atom. The second kappa shape index (κ2) is 7.92. The van der Waals surface area contributed by atoms with Crippen molar-refractivity contribution in [1.29, 1.82) is 0 Å². The van der Waals surface area contributed by atoms with Gasteiger partial charge < -0.3 is 14.8 Å². The number of hydrogen-bond acceptors (Lipinski definition) is 4. The van der Waals surface area contributed by atoms with E-state index in [0.717, 1.165) is 16.8 Å². The summed E-state index contributed by atoms with van der Waals surface area (Å²) in [6.45, 7) is 1.99. The maximum absolute atomic E-state index is 12.6. The molecule has 0 bridgehead atoms. The van der Waals surface area contributed by atoms with Crippen molar-refractivity contribution < 1.29 is 9.32 Å². The average molecular weight is 372 g/mol. The van der Waals surface area contributed by atoms with Crippen LogP contribution in [0.2, 0.25) is 0 Å². The fraction of sp³-hybridized carbons (Fsp3) is 0.136. The third-order valence-corrected chi connectivity index (χ3v) is 4.53. The quantitative estimate of drug-likeness (QED) is 0.517. The van der Waals surface area contributed by atoms with Gasteiger partial charge in [-0.1, -0.05) is 72.7 Å². The van der Waals surface area contributed by atoms with Crippen molar-refractivity contribution in [2.75, 3.05) is 0 Å². The third kappa shape index (κ3) is 3.71. The maximum Gasteiger partial charge on any atom is 0.290 e. The van der Waals surface area contributed by atoms with Crippen LogP contribution in [0.3, 0.4) is 0 Å². The van der Waals surface area contributed by atoms with Crippen LogP contribution in [0.4, 0.5) is 0 Å². The highest BCUT2D eigenvalue weighted by atomic mass is 16.5. The second-order valence-corrected chi connectivity index (χ2v) is 6.42. The SMILES string of the molecule is CCC(NC(=O)c1cc(-c2ccccc2)no1)c1ncc(-c2ccccc2)[nH]1. The molecular weight excluding hydrogens is 352 g/mol. The molecule has 0 aliphatic rings. The number of amides is 1. The number of rotatable bonds is 6. The first-order valence-corrected chi connectivity index (χ1v) is 9.18. The maximum atomic E-state index is 12.6. The number of carbonyl (C=O) groups is 1. The summed E-state index contributed by atoms with van der Waals surface area (Å²) >= 11 is 0. The van der Waals surface area contributed by atoms with Gasteiger partial charge in [0.25, 0.3) is 5.91 Å². The number of hydrogen-bond donors (Lipinski definition) is 2. The molecule has 4 rings (SSSR count). The van der Waals surface area contributed by atoms with Crippen LogP contribution in [0, 0.1) is 0 Å². The predicted octanol–water partition coefficient (Wildman–Crippen LogP) is 4.61.